The molecule has 166 valence electrons. The van der Waals surface area contributed by atoms with Crippen molar-refractivity contribution >= 4 is 21.6 Å². The summed E-state index contributed by atoms with van der Waals surface area (Å²) in [5.41, 5.74) is 3.97. The molecule has 3 aromatic rings. The van der Waals surface area contributed by atoms with Gasteiger partial charge in [-0.3, -0.25) is 4.79 Å². The number of hydrogen-bond acceptors (Lipinski definition) is 5. The summed E-state index contributed by atoms with van der Waals surface area (Å²) in [5, 5.41) is 12.6. The van der Waals surface area contributed by atoms with Crippen LogP contribution in [0.3, 0.4) is 0 Å². The van der Waals surface area contributed by atoms with Gasteiger partial charge in [0.25, 0.3) is 0 Å². The number of nitrogens with one attached hydrogen (secondary N) is 1. The molecule has 0 unspecified atom stereocenters. The van der Waals surface area contributed by atoms with Gasteiger partial charge in [0.05, 0.1) is 16.3 Å². The average molecular weight is 453 g/mol. The molecule has 9 heteroatoms. The number of amides is 1. The Morgan fingerprint density at radius 3 is 2.59 bits per heavy atom. The van der Waals surface area contributed by atoms with Crippen LogP contribution in [0.2, 0.25) is 0 Å². The smallest absolute Gasteiger partial charge is 0.238 e. The third-order valence-corrected chi connectivity index (χ3v) is 5.82. The van der Waals surface area contributed by atoms with Crippen LogP contribution in [0.4, 0.5) is 5.69 Å². The van der Waals surface area contributed by atoms with Gasteiger partial charge in [-0.05, 0) is 62.2 Å². The standard InChI is InChI=1S/C23H24N4O4S/c1-4-14-31-20-7-5-6-18(15-20)25-23(28)13-12-22-16(2)26-27(17(22)3)19-8-10-21(11-9-19)32(24,29)30/h1,5-11,15H,12-14H2,2-3H3,(H,25,28)(H2,24,29,30). The van der Waals surface area contributed by atoms with Crippen molar-refractivity contribution < 1.29 is 17.9 Å². The van der Waals surface area contributed by atoms with Gasteiger partial charge in [0.2, 0.25) is 15.9 Å². The van der Waals surface area contributed by atoms with Crippen LogP contribution < -0.4 is 15.2 Å². The fourth-order valence-electron chi connectivity index (χ4n) is 3.32. The third kappa shape index (κ3) is 5.55. The molecule has 1 amide bonds. The maximum atomic E-state index is 12.5. The topological polar surface area (TPSA) is 116 Å². The summed E-state index contributed by atoms with van der Waals surface area (Å²) in [5.74, 6) is 2.85. The molecule has 1 aromatic heterocycles. The van der Waals surface area contributed by atoms with E-state index in [1.165, 1.54) is 12.1 Å². The van der Waals surface area contributed by atoms with Gasteiger partial charge in [-0.2, -0.15) is 5.10 Å². The number of anilines is 1. The number of hydrogen-bond donors (Lipinski definition) is 2. The van der Waals surface area contributed by atoms with Crippen molar-refractivity contribution in [3.8, 4) is 23.8 Å². The normalized spacial score (nSPS) is 11.1. The summed E-state index contributed by atoms with van der Waals surface area (Å²) in [6, 6.07) is 13.2. The molecular weight excluding hydrogens is 428 g/mol. The lowest BCUT2D eigenvalue weighted by molar-refractivity contribution is -0.116. The highest BCUT2D eigenvalue weighted by Gasteiger charge is 2.15. The lowest BCUT2D eigenvalue weighted by Crippen LogP contribution is -2.13. The van der Waals surface area contributed by atoms with Gasteiger partial charge in [-0.1, -0.05) is 12.0 Å². The Bertz CT molecular complexity index is 1270. The van der Waals surface area contributed by atoms with Gasteiger partial charge in [0.15, 0.2) is 0 Å². The Hall–Kier alpha value is -3.61. The largest absolute Gasteiger partial charge is 0.481 e. The van der Waals surface area contributed by atoms with Crippen LogP contribution in [-0.2, 0) is 21.2 Å². The van der Waals surface area contributed by atoms with Crippen molar-refractivity contribution in [2.24, 2.45) is 5.14 Å². The molecule has 32 heavy (non-hydrogen) atoms. The first kappa shape index (κ1) is 23.1. The van der Waals surface area contributed by atoms with Gasteiger partial charge in [-0.25, -0.2) is 18.2 Å². The van der Waals surface area contributed by atoms with Gasteiger partial charge >= 0.3 is 0 Å². The highest BCUT2D eigenvalue weighted by molar-refractivity contribution is 7.89. The van der Waals surface area contributed by atoms with E-state index in [0.717, 1.165) is 17.0 Å². The predicted molar refractivity (Wildman–Crippen MR) is 122 cm³/mol. The van der Waals surface area contributed by atoms with Gasteiger partial charge in [0.1, 0.15) is 12.4 Å². The van der Waals surface area contributed by atoms with Crippen LogP contribution >= 0.6 is 0 Å². The van der Waals surface area contributed by atoms with E-state index in [0.29, 0.717) is 23.5 Å². The van der Waals surface area contributed by atoms with E-state index < -0.39 is 10.0 Å². The highest BCUT2D eigenvalue weighted by Crippen LogP contribution is 2.21. The first-order valence-electron chi connectivity index (χ1n) is 9.83. The molecule has 0 aliphatic heterocycles. The van der Waals surface area contributed by atoms with Gasteiger partial charge < -0.3 is 10.1 Å². The molecule has 0 atom stereocenters. The van der Waals surface area contributed by atoms with Crippen LogP contribution in [0.15, 0.2) is 53.4 Å². The molecule has 0 bridgehead atoms. The number of nitrogens with zero attached hydrogens (tertiary/aromatic N) is 2. The number of sulfonamides is 1. The van der Waals surface area contributed by atoms with Crippen molar-refractivity contribution in [3.05, 3.63) is 65.5 Å². The second-order valence-corrected chi connectivity index (χ2v) is 8.73. The summed E-state index contributed by atoms with van der Waals surface area (Å²) >= 11 is 0. The molecule has 1 heterocycles. The fourth-order valence-corrected chi connectivity index (χ4v) is 3.83. The van der Waals surface area contributed by atoms with Crippen molar-refractivity contribution in [2.75, 3.05) is 11.9 Å². The quantitative estimate of drug-likeness (QED) is 0.510. The molecule has 3 rings (SSSR count). The monoisotopic (exact) mass is 452 g/mol. The minimum atomic E-state index is -3.76. The SMILES string of the molecule is C#CCOc1cccc(NC(=O)CCc2c(C)nn(-c3ccc(S(N)(=O)=O)cc3)c2C)c1. The van der Waals surface area contributed by atoms with Crippen molar-refractivity contribution in [1.29, 1.82) is 0 Å². The van der Waals surface area contributed by atoms with Crippen LogP contribution in [0.25, 0.3) is 5.69 Å². The Morgan fingerprint density at radius 1 is 1.22 bits per heavy atom. The Morgan fingerprint density at radius 2 is 1.94 bits per heavy atom. The number of rotatable bonds is 8. The van der Waals surface area contributed by atoms with Crippen LogP contribution in [0.1, 0.15) is 23.4 Å². The second kappa shape index (κ2) is 9.68. The van der Waals surface area contributed by atoms with E-state index in [9.17, 15) is 13.2 Å². The Labute approximate surface area is 187 Å². The molecule has 3 N–H and O–H groups in total. The zero-order chi connectivity index (χ0) is 23.3. The Balaban J connectivity index is 1.68. The average Bonchev–Trinajstić information content (AvgIpc) is 3.04. The number of benzene rings is 2. The molecule has 0 saturated heterocycles. The van der Waals surface area contributed by atoms with E-state index in [-0.39, 0.29) is 23.8 Å². The zero-order valence-corrected chi connectivity index (χ0v) is 18.6. The molecule has 2 aromatic carbocycles. The Kier molecular flexibility index (Phi) is 6.98. The fraction of sp³-hybridized carbons (Fsp3) is 0.217. The summed E-state index contributed by atoms with van der Waals surface area (Å²) in [7, 11) is -3.76. The molecule has 0 fully saturated rings. The van der Waals surface area contributed by atoms with Crippen molar-refractivity contribution in [3.63, 3.8) is 0 Å². The first-order chi connectivity index (χ1) is 15.2. The second-order valence-electron chi connectivity index (χ2n) is 7.17. The zero-order valence-electron chi connectivity index (χ0n) is 17.8. The number of ether oxygens (including phenoxy) is 1. The summed E-state index contributed by atoms with van der Waals surface area (Å²) in [4.78, 5) is 12.5. The lowest BCUT2D eigenvalue weighted by Gasteiger charge is -2.08. The molecule has 0 radical (unpaired) electrons. The van der Waals surface area contributed by atoms with E-state index in [2.05, 4.69) is 16.3 Å². The van der Waals surface area contributed by atoms with Crippen LogP contribution in [0.5, 0.6) is 5.75 Å². The molecular formula is C23H24N4O4S. The van der Waals surface area contributed by atoms with Crippen LogP contribution in [-0.4, -0.2) is 30.7 Å². The van der Waals surface area contributed by atoms with Gasteiger partial charge in [-0.15, -0.1) is 6.42 Å². The van der Waals surface area contributed by atoms with Gasteiger partial charge in [0, 0.05) is 23.9 Å². The van der Waals surface area contributed by atoms with Crippen molar-refractivity contribution in [1.82, 2.24) is 9.78 Å². The van der Waals surface area contributed by atoms with E-state index in [1.807, 2.05) is 13.8 Å². The molecule has 0 spiro atoms. The maximum Gasteiger partial charge on any atom is 0.238 e. The number of nitrogens with two attached hydrogens (primary N) is 1. The third-order valence-electron chi connectivity index (χ3n) is 4.89. The molecule has 0 aliphatic carbocycles. The summed E-state index contributed by atoms with van der Waals surface area (Å²) in [6.07, 6.45) is 5.97. The minimum absolute atomic E-state index is 0.0356. The first-order valence-corrected chi connectivity index (χ1v) is 11.4. The predicted octanol–water partition coefficient (Wildman–Crippen LogP) is 2.72. The number of aromatic nitrogens is 2. The molecule has 0 saturated carbocycles. The maximum absolute atomic E-state index is 12.5. The molecule has 8 nitrogen and oxygen atoms in total. The summed E-state index contributed by atoms with van der Waals surface area (Å²) in [6.45, 7) is 3.94. The van der Waals surface area contributed by atoms with E-state index >= 15 is 0 Å². The van der Waals surface area contributed by atoms with Crippen molar-refractivity contribution in [2.45, 2.75) is 31.6 Å². The lowest BCUT2D eigenvalue weighted by atomic mass is 10.1. The highest BCUT2D eigenvalue weighted by atomic mass is 32.2. The van der Waals surface area contributed by atoms with Crippen LogP contribution in [0, 0.1) is 26.2 Å². The van der Waals surface area contributed by atoms with E-state index in [1.54, 1.807) is 41.1 Å². The number of primary sulfonamides is 1. The number of terminal acetylenes is 1. The van der Waals surface area contributed by atoms with E-state index in [4.69, 9.17) is 16.3 Å². The summed E-state index contributed by atoms with van der Waals surface area (Å²) < 4.78 is 30.0. The molecule has 0 aliphatic rings. The number of carbonyl (C=O) groups is 1. The number of aryl methyl sites for hydroxylation is 1. The minimum Gasteiger partial charge on any atom is -0.481 e. The number of carbonyl (C=O) groups excluding carboxylic acids is 1.